The summed E-state index contributed by atoms with van der Waals surface area (Å²) < 4.78 is 6.09. The summed E-state index contributed by atoms with van der Waals surface area (Å²) in [6.45, 7) is 9.28. The maximum Gasteiger partial charge on any atom is 0.227 e. The highest BCUT2D eigenvalue weighted by Crippen LogP contribution is 2.32. The SMILES string of the molecule is CCNc1ncnc(Oc2ccccc2C(C)C)c1CC. The van der Waals surface area contributed by atoms with Crippen LogP contribution >= 0.6 is 0 Å². The average Bonchev–Trinajstić information content (AvgIpc) is 2.48. The number of benzene rings is 1. The molecule has 0 unspecified atom stereocenters. The molecule has 0 atom stereocenters. The Morgan fingerprint density at radius 3 is 2.57 bits per heavy atom. The van der Waals surface area contributed by atoms with Gasteiger partial charge in [0, 0.05) is 6.54 Å². The van der Waals surface area contributed by atoms with Crippen LogP contribution in [0.15, 0.2) is 30.6 Å². The molecule has 112 valence electrons. The van der Waals surface area contributed by atoms with E-state index in [0.29, 0.717) is 11.8 Å². The van der Waals surface area contributed by atoms with E-state index in [4.69, 9.17) is 4.74 Å². The Morgan fingerprint density at radius 2 is 1.90 bits per heavy atom. The molecule has 0 saturated carbocycles. The van der Waals surface area contributed by atoms with Gasteiger partial charge in [-0.1, -0.05) is 39.0 Å². The van der Waals surface area contributed by atoms with Crippen LogP contribution in [0.25, 0.3) is 0 Å². The van der Waals surface area contributed by atoms with Crippen LogP contribution in [0.5, 0.6) is 11.6 Å². The molecule has 0 radical (unpaired) electrons. The second-order valence-corrected chi connectivity index (χ2v) is 5.18. The van der Waals surface area contributed by atoms with Crippen molar-refractivity contribution in [1.29, 1.82) is 0 Å². The summed E-state index contributed by atoms with van der Waals surface area (Å²) in [6, 6.07) is 8.11. The standard InChI is InChI=1S/C17H23N3O/c1-5-13-16(18-6-2)19-11-20-17(13)21-15-10-8-7-9-14(15)12(3)4/h7-12H,5-6H2,1-4H3,(H,18,19,20). The summed E-state index contributed by atoms with van der Waals surface area (Å²) >= 11 is 0. The Labute approximate surface area is 126 Å². The summed E-state index contributed by atoms with van der Waals surface area (Å²) in [5.74, 6) is 2.76. The van der Waals surface area contributed by atoms with E-state index in [-0.39, 0.29) is 0 Å². The van der Waals surface area contributed by atoms with E-state index in [1.54, 1.807) is 6.33 Å². The number of nitrogens with one attached hydrogen (secondary N) is 1. The highest BCUT2D eigenvalue weighted by molar-refractivity contribution is 5.50. The van der Waals surface area contributed by atoms with Gasteiger partial charge in [-0.25, -0.2) is 9.97 Å². The lowest BCUT2D eigenvalue weighted by Crippen LogP contribution is -2.06. The Balaban J connectivity index is 2.38. The van der Waals surface area contributed by atoms with Crippen molar-refractivity contribution in [3.05, 3.63) is 41.7 Å². The van der Waals surface area contributed by atoms with Gasteiger partial charge in [0.1, 0.15) is 17.9 Å². The van der Waals surface area contributed by atoms with Crippen LogP contribution in [0.1, 0.15) is 44.7 Å². The quantitative estimate of drug-likeness (QED) is 0.855. The molecule has 4 nitrogen and oxygen atoms in total. The average molecular weight is 285 g/mol. The molecule has 0 aliphatic carbocycles. The lowest BCUT2D eigenvalue weighted by Gasteiger charge is -2.16. The van der Waals surface area contributed by atoms with E-state index < -0.39 is 0 Å². The van der Waals surface area contributed by atoms with Crippen LogP contribution in [0, 0.1) is 0 Å². The molecule has 4 heteroatoms. The predicted molar refractivity (Wildman–Crippen MR) is 86.2 cm³/mol. The summed E-state index contributed by atoms with van der Waals surface area (Å²) in [6.07, 6.45) is 2.37. The van der Waals surface area contributed by atoms with Crippen LogP contribution in [-0.2, 0) is 6.42 Å². The van der Waals surface area contributed by atoms with E-state index in [1.807, 2.05) is 18.2 Å². The Hall–Kier alpha value is -2.10. The normalized spacial score (nSPS) is 10.7. The van der Waals surface area contributed by atoms with Crippen LogP contribution in [-0.4, -0.2) is 16.5 Å². The molecule has 1 aromatic heterocycles. The minimum Gasteiger partial charge on any atom is -0.438 e. The van der Waals surface area contributed by atoms with Gasteiger partial charge in [0.15, 0.2) is 0 Å². The van der Waals surface area contributed by atoms with Gasteiger partial charge in [0.05, 0.1) is 5.56 Å². The van der Waals surface area contributed by atoms with Crippen molar-refractivity contribution in [2.75, 3.05) is 11.9 Å². The Kier molecular flexibility index (Phi) is 5.14. The van der Waals surface area contributed by atoms with Crippen molar-refractivity contribution in [2.24, 2.45) is 0 Å². The smallest absolute Gasteiger partial charge is 0.227 e. The molecule has 0 aliphatic rings. The van der Waals surface area contributed by atoms with Gasteiger partial charge in [-0.2, -0.15) is 0 Å². The summed E-state index contributed by atoms with van der Waals surface area (Å²) in [5, 5.41) is 3.26. The van der Waals surface area contributed by atoms with Gasteiger partial charge < -0.3 is 10.1 Å². The van der Waals surface area contributed by atoms with Crippen LogP contribution in [0.3, 0.4) is 0 Å². The third kappa shape index (κ3) is 3.51. The topological polar surface area (TPSA) is 47.0 Å². The maximum absolute atomic E-state index is 6.09. The second-order valence-electron chi connectivity index (χ2n) is 5.18. The Bertz CT molecular complexity index is 596. The number of hydrogen-bond donors (Lipinski definition) is 1. The van der Waals surface area contributed by atoms with Gasteiger partial charge in [-0.05, 0) is 30.9 Å². The van der Waals surface area contributed by atoms with E-state index in [2.05, 4.69) is 49.0 Å². The zero-order chi connectivity index (χ0) is 15.2. The largest absolute Gasteiger partial charge is 0.438 e. The van der Waals surface area contributed by atoms with Crippen molar-refractivity contribution >= 4 is 5.82 Å². The molecule has 21 heavy (non-hydrogen) atoms. The van der Waals surface area contributed by atoms with Crippen molar-refractivity contribution < 1.29 is 4.74 Å². The molecule has 1 N–H and O–H groups in total. The first kappa shape index (κ1) is 15.3. The lowest BCUT2D eigenvalue weighted by molar-refractivity contribution is 0.447. The van der Waals surface area contributed by atoms with Crippen molar-refractivity contribution in [2.45, 2.75) is 40.0 Å². The highest BCUT2D eigenvalue weighted by Gasteiger charge is 2.14. The number of hydrogen-bond acceptors (Lipinski definition) is 4. The molecule has 0 aliphatic heterocycles. The summed E-state index contributed by atoms with van der Waals surface area (Å²) in [4.78, 5) is 8.61. The van der Waals surface area contributed by atoms with E-state index in [1.165, 1.54) is 5.56 Å². The first-order chi connectivity index (χ1) is 10.2. The maximum atomic E-state index is 6.09. The van der Waals surface area contributed by atoms with Crippen LogP contribution in [0.2, 0.25) is 0 Å². The van der Waals surface area contributed by atoms with E-state index >= 15 is 0 Å². The fourth-order valence-electron chi connectivity index (χ4n) is 2.28. The fourth-order valence-corrected chi connectivity index (χ4v) is 2.28. The van der Waals surface area contributed by atoms with Crippen molar-refractivity contribution in [3.63, 3.8) is 0 Å². The number of anilines is 1. The molecular weight excluding hydrogens is 262 g/mol. The van der Waals surface area contributed by atoms with Crippen molar-refractivity contribution in [1.82, 2.24) is 9.97 Å². The monoisotopic (exact) mass is 285 g/mol. The zero-order valence-corrected chi connectivity index (χ0v) is 13.2. The van der Waals surface area contributed by atoms with Gasteiger partial charge in [-0.15, -0.1) is 0 Å². The number of ether oxygens (including phenoxy) is 1. The van der Waals surface area contributed by atoms with Gasteiger partial charge in [-0.3, -0.25) is 0 Å². The molecule has 1 heterocycles. The van der Waals surface area contributed by atoms with E-state index in [9.17, 15) is 0 Å². The van der Waals surface area contributed by atoms with Gasteiger partial charge >= 0.3 is 0 Å². The van der Waals surface area contributed by atoms with Crippen molar-refractivity contribution in [3.8, 4) is 11.6 Å². The minimum atomic E-state index is 0.404. The molecule has 0 saturated heterocycles. The number of aromatic nitrogens is 2. The highest BCUT2D eigenvalue weighted by atomic mass is 16.5. The number of para-hydroxylation sites is 1. The first-order valence-electron chi connectivity index (χ1n) is 7.51. The third-order valence-corrected chi connectivity index (χ3v) is 3.35. The Morgan fingerprint density at radius 1 is 1.14 bits per heavy atom. The second kappa shape index (κ2) is 7.07. The molecule has 0 bridgehead atoms. The molecule has 0 spiro atoms. The van der Waals surface area contributed by atoms with Gasteiger partial charge in [0.25, 0.3) is 0 Å². The lowest BCUT2D eigenvalue weighted by atomic mass is 10.0. The predicted octanol–water partition coefficient (Wildman–Crippen LogP) is 4.39. The molecule has 0 amide bonds. The van der Waals surface area contributed by atoms with Gasteiger partial charge in [0.2, 0.25) is 5.88 Å². The van der Waals surface area contributed by atoms with Crippen LogP contribution < -0.4 is 10.1 Å². The third-order valence-electron chi connectivity index (χ3n) is 3.35. The molecule has 0 fully saturated rings. The summed E-state index contributed by atoms with van der Waals surface area (Å²) in [7, 11) is 0. The molecule has 1 aromatic carbocycles. The van der Waals surface area contributed by atoms with E-state index in [0.717, 1.165) is 30.1 Å². The molecule has 2 rings (SSSR count). The first-order valence-corrected chi connectivity index (χ1v) is 7.51. The number of nitrogens with zero attached hydrogens (tertiary/aromatic N) is 2. The fraction of sp³-hybridized carbons (Fsp3) is 0.412. The molecular formula is C17H23N3O. The molecule has 2 aromatic rings. The van der Waals surface area contributed by atoms with Crippen LogP contribution in [0.4, 0.5) is 5.82 Å². The zero-order valence-electron chi connectivity index (χ0n) is 13.2. The minimum absolute atomic E-state index is 0.404. The number of rotatable bonds is 6. The summed E-state index contributed by atoms with van der Waals surface area (Å²) in [5.41, 5.74) is 2.20.